The zero-order valence-corrected chi connectivity index (χ0v) is 4.94. The third kappa shape index (κ3) is 264. The molecule has 0 saturated carbocycles. The van der Waals surface area contributed by atoms with Gasteiger partial charge in [-0.15, -0.1) is 0 Å². The minimum absolute atomic E-state index is 0.611. The molecule has 0 amide bonds. The van der Waals surface area contributed by atoms with E-state index in [0.29, 0.717) is 16.2 Å². The van der Waals surface area contributed by atoms with Crippen molar-refractivity contribution in [2.45, 2.75) is 0 Å². The van der Waals surface area contributed by atoms with Gasteiger partial charge in [0.1, 0.15) is 0 Å². The molecule has 2 nitrogen and oxygen atoms in total. The van der Waals surface area contributed by atoms with Crippen LogP contribution in [0, 0.1) is 0 Å². The van der Waals surface area contributed by atoms with Crippen LogP contribution in [0.2, 0.25) is 0 Å². The van der Waals surface area contributed by atoms with E-state index in [1.807, 2.05) is 0 Å². The van der Waals surface area contributed by atoms with Gasteiger partial charge >= 0.3 is 20.0 Å². The van der Waals surface area contributed by atoms with Crippen LogP contribution < -0.4 is 0 Å². The van der Waals surface area contributed by atoms with E-state index in [2.05, 4.69) is 4.74 Å². The minimum atomic E-state index is 0.611. The molecule has 0 aliphatic rings. The van der Waals surface area contributed by atoms with E-state index in [-0.39, 0.29) is 0 Å². The average molecular weight is 90.1 g/mol. The molecule has 0 fully saturated rings. The molecular weight excluding hydrogens is 83.0 g/mol. The van der Waals surface area contributed by atoms with Crippen LogP contribution in [-0.2, 0) is 8.54 Å². The first-order valence-electron chi connectivity index (χ1n) is 1.11. The molecule has 0 atom stereocenters. The standard InChI is InChI=1S/C2H6O.Al.O.H/c1-3-2;;;/h1-2H3;;;. The number of rotatable bonds is 0. The second kappa shape index (κ2) is 27.9. The average Bonchev–Trinajstić information content (AvgIpc) is 1.46. The Bertz CT molecular complexity index is 11.6. The fourth-order valence-electron chi connectivity index (χ4n) is 0. The Kier molecular flexibility index (Phi) is 50.1. The van der Waals surface area contributed by atoms with Crippen LogP contribution in [0.15, 0.2) is 0 Å². The molecule has 0 saturated heterocycles. The quantitative estimate of drug-likeness (QED) is 0.375. The molecule has 5 heavy (non-hydrogen) atoms. The molecular formula is C2H7AlO2. The van der Waals surface area contributed by atoms with Gasteiger partial charge in [-0.3, -0.25) is 0 Å². The summed E-state index contributed by atoms with van der Waals surface area (Å²) in [7, 11) is 3.25. The third-order valence-corrected chi connectivity index (χ3v) is 0. The van der Waals surface area contributed by atoms with Crippen LogP contribution in [-0.4, -0.2) is 30.4 Å². The maximum atomic E-state index is 8.28. The fourth-order valence-corrected chi connectivity index (χ4v) is 0. The summed E-state index contributed by atoms with van der Waals surface area (Å²) < 4.78 is 12.5. The molecule has 0 aromatic rings. The first-order valence-corrected chi connectivity index (χ1v) is 1.68. The van der Waals surface area contributed by atoms with E-state index >= 15 is 0 Å². The normalized spacial score (nSPS) is 4.20. The molecule has 0 aromatic carbocycles. The van der Waals surface area contributed by atoms with E-state index in [1.165, 1.54) is 0 Å². The number of hydrogen-bond donors (Lipinski definition) is 0. The van der Waals surface area contributed by atoms with Gasteiger partial charge < -0.3 is 4.74 Å². The van der Waals surface area contributed by atoms with Gasteiger partial charge in [0.2, 0.25) is 0 Å². The Balaban J connectivity index is 0. The van der Waals surface area contributed by atoms with Crippen molar-refractivity contribution in [1.82, 2.24) is 0 Å². The summed E-state index contributed by atoms with van der Waals surface area (Å²) in [6.07, 6.45) is 0. The van der Waals surface area contributed by atoms with Gasteiger partial charge in [-0.1, -0.05) is 0 Å². The summed E-state index contributed by atoms with van der Waals surface area (Å²) in [6.45, 7) is 0. The fraction of sp³-hybridized carbons (Fsp3) is 1.00. The summed E-state index contributed by atoms with van der Waals surface area (Å²) in [5.41, 5.74) is 0. The van der Waals surface area contributed by atoms with Gasteiger partial charge in [-0.05, 0) is 0 Å². The zero-order chi connectivity index (χ0) is 4.71. The first kappa shape index (κ1) is 9.00. The van der Waals surface area contributed by atoms with E-state index < -0.39 is 0 Å². The van der Waals surface area contributed by atoms with Crippen molar-refractivity contribution >= 4 is 16.2 Å². The Morgan fingerprint density at radius 1 is 1.40 bits per heavy atom. The summed E-state index contributed by atoms with van der Waals surface area (Å²) in [5.74, 6) is 0. The van der Waals surface area contributed by atoms with E-state index in [1.54, 1.807) is 14.2 Å². The second-order valence-electron chi connectivity index (χ2n) is 0.408. The molecule has 30 valence electrons. The van der Waals surface area contributed by atoms with Crippen LogP contribution >= 0.6 is 0 Å². The van der Waals surface area contributed by atoms with Crippen molar-refractivity contribution in [2.75, 3.05) is 14.2 Å². The van der Waals surface area contributed by atoms with E-state index in [0.717, 1.165) is 0 Å². The predicted molar refractivity (Wildman–Crippen MR) is 20.8 cm³/mol. The van der Waals surface area contributed by atoms with Gasteiger partial charge in [0, 0.05) is 14.2 Å². The molecule has 3 heteroatoms. The Labute approximate surface area is 39.8 Å². The summed E-state index contributed by atoms with van der Waals surface area (Å²) >= 11 is 0.611. The Morgan fingerprint density at radius 2 is 1.40 bits per heavy atom. The predicted octanol–water partition coefficient (Wildman–Crippen LogP) is -0.505. The molecule has 0 radical (unpaired) electrons. The Morgan fingerprint density at radius 3 is 1.40 bits per heavy atom. The van der Waals surface area contributed by atoms with E-state index in [4.69, 9.17) is 3.80 Å². The summed E-state index contributed by atoms with van der Waals surface area (Å²) in [5, 5.41) is 0. The van der Waals surface area contributed by atoms with Crippen molar-refractivity contribution < 1.29 is 8.54 Å². The zero-order valence-electron chi connectivity index (χ0n) is 3.52. The molecule has 0 aliphatic heterocycles. The van der Waals surface area contributed by atoms with Crippen LogP contribution in [0.5, 0.6) is 0 Å². The molecule has 0 N–H and O–H groups in total. The van der Waals surface area contributed by atoms with Crippen molar-refractivity contribution in [1.29, 1.82) is 0 Å². The van der Waals surface area contributed by atoms with Crippen molar-refractivity contribution in [2.24, 2.45) is 0 Å². The van der Waals surface area contributed by atoms with Crippen LogP contribution in [0.3, 0.4) is 0 Å². The molecule has 0 heterocycles. The van der Waals surface area contributed by atoms with Crippen molar-refractivity contribution in [3.63, 3.8) is 0 Å². The molecule has 0 rings (SSSR count). The maximum absolute atomic E-state index is 8.28. The third-order valence-electron chi connectivity index (χ3n) is 0. The van der Waals surface area contributed by atoms with Gasteiger partial charge in [0.15, 0.2) is 0 Å². The van der Waals surface area contributed by atoms with Gasteiger partial charge in [-0.25, -0.2) is 0 Å². The van der Waals surface area contributed by atoms with Crippen LogP contribution in [0.4, 0.5) is 0 Å². The van der Waals surface area contributed by atoms with Gasteiger partial charge in [-0.2, -0.15) is 0 Å². The second-order valence-corrected chi connectivity index (χ2v) is 0.408. The van der Waals surface area contributed by atoms with Gasteiger partial charge in [0.25, 0.3) is 0 Å². The van der Waals surface area contributed by atoms with Crippen LogP contribution in [0.25, 0.3) is 0 Å². The number of methoxy groups -OCH3 is 1. The molecule has 0 aliphatic carbocycles. The molecule has 0 bridgehead atoms. The Hall–Kier alpha value is 0.292. The summed E-state index contributed by atoms with van der Waals surface area (Å²) in [4.78, 5) is 0. The monoisotopic (exact) mass is 90.0 g/mol. The molecule has 0 aromatic heterocycles. The number of ether oxygens (including phenoxy) is 1. The van der Waals surface area contributed by atoms with Gasteiger partial charge in [0.05, 0.1) is 0 Å². The van der Waals surface area contributed by atoms with Crippen molar-refractivity contribution in [3.05, 3.63) is 0 Å². The van der Waals surface area contributed by atoms with E-state index in [9.17, 15) is 0 Å². The van der Waals surface area contributed by atoms with Crippen LogP contribution in [0.1, 0.15) is 0 Å². The van der Waals surface area contributed by atoms with Crippen molar-refractivity contribution in [3.8, 4) is 0 Å². The topological polar surface area (TPSA) is 26.3 Å². The first-order chi connectivity index (χ1) is 2.41. The SMILES string of the molecule is COC.[O]=[AlH]. The molecule has 0 unspecified atom stereocenters. The number of hydrogen-bond acceptors (Lipinski definition) is 2. The summed E-state index contributed by atoms with van der Waals surface area (Å²) in [6, 6.07) is 0. The molecule has 0 spiro atoms.